The Balaban J connectivity index is 1.80. The second-order valence-electron chi connectivity index (χ2n) is 5.29. The van der Waals surface area contributed by atoms with Crippen molar-refractivity contribution < 1.29 is 0 Å². The highest BCUT2D eigenvalue weighted by Gasteiger charge is 2.26. The second kappa shape index (κ2) is 4.94. The normalized spacial score (nSPS) is 17.9. The van der Waals surface area contributed by atoms with E-state index in [2.05, 4.69) is 36.0 Å². The van der Waals surface area contributed by atoms with Crippen LogP contribution in [-0.2, 0) is 13.0 Å². The maximum atomic E-state index is 5.86. The lowest BCUT2D eigenvalue weighted by atomic mass is 10.1. The van der Waals surface area contributed by atoms with Crippen molar-refractivity contribution in [1.82, 2.24) is 9.88 Å². The van der Waals surface area contributed by atoms with Crippen LogP contribution >= 0.6 is 11.3 Å². The van der Waals surface area contributed by atoms with Gasteiger partial charge < -0.3 is 5.73 Å². The standard InChI is InChI=1S/C15H19N3S/c1-10-15(19-9-17-10)8-18(2)14-6-3-11-7-12(16)4-5-13(11)14/h4-5,7,9,14H,3,6,8,16H2,1-2H3. The summed E-state index contributed by atoms with van der Waals surface area (Å²) in [4.78, 5) is 8.13. The van der Waals surface area contributed by atoms with Gasteiger partial charge in [0.25, 0.3) is 0 Å². The lowest BCUT2D eigenvalue weighted by Crippen LogP contribution is -2.22. The third kappa shape index (κ3) is 2.38. The Morgan fingerprint density at radius 1 is 1.47 bits per heavy atom. The molecule has 3 rings (SSSR count). The Morgan fingerprint density at radius 3 is 3.05 bits per heavy atom. The summed E-state index contributed by atoms with van der Waals surface area (Å²) in [7, 11) is 2.20. The molecule has 0 radical (unpaired) electrons. The van der Waals surface area contributed by atoms with Crippen molar-refractivity contribution in [1.29, 1.82) is 0 Å². The number of nitrogen functional groups attached to an aromatic ring is 1. The van der Waals surface area contributed by atoms with Crippen molar-refractivity contribution in [3.63, 3.8) is 0 Å². The molecule has 1 aromatic carbocycles. The molecule has 100 valence electrons. The highest BCUT2D eigenvalue weighted by Crippen LogP contribution is 2.37. The maximum Gasteiger partial charge on any atom is 0.0798 e. The average Bonchev–Trinajstić information content (AvgIpc) is 2.96. The molecule has 1 aromatic heterocycles. The lowest BCUT2D eigenvalue weighted by Gasteiger charge is -2.24. The molecule has 1 atom stereocenters. The first-order valence-corrected chi connectivity index (χ1v) is 7.50. The summed E-state index contributed by atoms with van der Waals surface area (Å²) in [6.45, 7) is 3.06. The van der Waals surface area contributed by atoms with E-state index in [0.29, 0.717) is 6.04 Å². The number of hydrogen-bond donors (Lipinski definition) is 1. The quantitative estimate of drug-likeness (QED) is 0.874. The Morgan fingerprint density at radius 2 is 2.32 bits per heavy atom. The zero-order valence-electron chi connectivity index (χ0n) is 11.4. The molecule has 1 unspecified atom stereocenters. The maximum absolute atomic E-state index is 5.86. The molecule has 3 nitrogen and oxygen atoms in total. The number of aromatic nitrogens is 1. The van der Waals surface area contributed by atoms with Gasteiger partial charge >= 0.3 is 0 Å². The smallest absolute Gasteiger partial charge is 0.0798 e. The number of fused-ring (bicyclic) bond motifs is 1. The predicted molar refractivity (Wildman–Crippen MR) is 80.2 cm³/mol. The van der Waals surface area contributed by atoms with Gasteiger partial charge in [0, 0.05) is 23.2 Å². The van der Waals surface area contributed by atoms with E-state index in [1.165, 1.54) is 22.4 Å². The number of nitrogens with zero attached hydrogens (tertiary/aromatic N) is 2. The molecule has 0 aliphatic heterocycles. The van der Waals surface area contributed by atoms with Crippen LogP contribution in [0.2, 0.25) is 0 Å². The van der Waals surface area contributed by atoms with Crippen LogP contribution in [0.1, 0.15) is 34.2 Å². The molecule has 1 aliphatic rings. The third-order valence-electron chi connectivity index (χ3n) is 3.98. The van der Waals surface area contributed by atoms with Crippen LogP contribution in [0.5, 0.6) is 0 Å². The van der Waals surface area contributed by atoms with Crippen LogP contribution < -0.4 is 5.73 Å². The van der Waals surface area contributed by atoms with Crippen molar-refractivity contribution in [2.45, 2.75) is 32.4 Å². The van der Waals surface area contributed by atoms with Crippen LogP contribution in [0.3, 0.4) is 0 Å². The highest BCUT2D eigenvalue weighted by molar-refractivity contribution is 7.09. The summed E-state index contributed by atoms with van der Waals surface area (Å²) in [5.41, 5.74) is 12.7. The first kappa shape index (κ1) is 12.6. The van der Waals surface area contributed by atoms with E-state index >= 15 is 0 Å². The van der Waals surface area contributed by atoms with Gasteiger partial charge in [-0.3, -0.25) is 4.90 Å². The fourth-order valence-corrected chi connectivity index (χ4v) is 3.73. The summed E-state index contributed by atoms with van der Waals surface area (Å²) >= 11 is 1.75. The van der Waals surface area contributed by atoms with Gasteiger partial charge in [-0.25, -0.2) is 4.98 Å². The zero-order valence-corrected chi connectivity index (χ0v) is 12.2. The van der Waals surface area contributed by atoms with Crippen molar-refractivity contribution in [2.24, 2.45) is 0 Å². The number of hydrogen-bond acceptors (Lipinski definition) is 4. The number of rotatable bonds is 3. The molecular weight excluding hydrogens is 254 g/mol. The summed E-state index contributed by atoms with van der Waals surface area (Å²) < 4.78 is 0. The van der Waals surface area contributed by atoms with Gasteiger partial charge in [-0.15, -0.1) is 11.3 Å². The van der Waals surface area contributed by atoms with E-state index in [0.717, 1.165) is 24.3 Å². The fraction of sp³-hybridized carbons (Fsp3) is 0.400. The first-order valence-electron chi connectivity index (χ1n) is 6.62. The molecule has 2 aromatic rings. The van der Waals surface area contributed by atoms with Crippen LogP contribution in [0.4, 0.5) is 5.69 Å². The van der Waals surface area contributed by atoms with E-state index in [-0.39, 0.29) is 0 Å². The van der Waals surface area contributed by atoms with E-state index in [1.54, 1.807) is 11.3 Å². The van der Waals surface area contributed by atoms with E-state index in [1.807, 2.05) is 11.6 Å². The van der Waals surface area contributed by atoms with Gasteiger partial charge in [-0.05, 0) is 50.1 Å². The topological polar surface area (TPSA) is 42.2 Å². The largest absolute Gasteiger partial charge is 0.399 e. The SMILES string of the molecule is Cc1ncsc1CN(C)C1CCc2cc(N)ccc21. The first-order chi connectivity index (χ1) is 9.15. The minimum Gasteiger partial charge on any atom is -0.399 e. The van der Waals surface area contributed by atoms with Gasteiger partial charge in [-0.1, -0.05) is 6.07 Å². The van der Waals surface area contributed by atoms with Gasteiger partial charge in [0.05, 0.1) is 11.2 Å². The molecule has 2 N–H and O–H groups in total. The van der Waals surface area contributed by atoms with E-state index in [9.17, 15) is 0 Å². The van der Waals surface area contributed by atoms with Gasteiger partial charge in [0.1, 0.15) is 0 Å². The van der Waals surface area contributed by atoms with Crippen LogP contribution in [0.25, 0.3) is 0 Å². The van der Waals surface area contributed by atoms with Crippen molar-refractivity contribution >= 4 is 17.0 Å². The molecule has 4 heteroatoms. The number of aryl methyl sites for hydroxylation is 2. The molecule has 19 heavy (non-hydrogen) atoms. The summed E-state index contributed by atoms with van der Waals surface area (Å²) in [5.74, 6) is 0. The molecular formula is C15H19N3S. The Kier molecular flexibility index (Phi) is 3.29. The zero-order chi connectivity index (χ0) is 13.4. The summed E-state index contributed by atoms with van der Waals surface area (Å²) in [6, 6.07) is 6.85. The van der Waals surface area contributed by atoms with Crippen LogP contribution in [-0.4, -0.2) is 16.9 Å². The molecule has 0 saturated heterocycles. The molecule has 0 spiro atoms. The van der Waals surface area contributed by atoms with Gasteiger partial charge in [-0.2, -0.15) is 0 Å². The van der Waals surface area contributed by atoms with Gasteiger partial charge in [0.2, 0.25) is 0 Å². The van der Waals surface area contributed by atoms with Gasteiger partial charge in [0.15, 0.2) is 0 Å². The number of benzene rings is 1. The molecule has 1 aliphatic carbocycles. The Bertz CT molecular complexity index is 591. The fourth-order valence-electron chi connectivity index (χ4n) is 2.89. The Labute approximate surface area is 118 Å². The summed E-state index contributed by atoms with van der Waals surface area (Å²) in [6.07, 6.45) is 2.32. The molecule has 0 fully saturated rings. The third-order valence-corrected chi connectivity index (χ3v) is 4.90. The molecule has 0 saturated carbocycles. The van der Waals surface area contributed by atoms with Crippen molar-refractivity contribution in [3.8, 4) is 0 Å². The molecule has 0 amide bonds. The van der Waals surface area contributed by atoms with Crippen LogP contribution in [0, 0.1) is 6.92 Å². The number of nitrogens with two attached hydrogens (primary N) is 1. The predicted octanol–water partition coefficient (Wildman–Crippen LogP) is 3.15. The highest BCUT2D eigenvalue weighted by atomic mass is 32.1. The van der Waals surface area contributed by atoms with E-state index in [4.69, 9.17) is 5.73 Å². The minimum absolute atomic E-state index is 0.511. The lowest BCUT2D eigenvalue weighted by molar-refractivity contribution is 0.237. The van der Waals surface area contributed by atoms with Crippen LogP contribution in [0.15, 0.2) is 23.7 Å². The monoisotopic (exact) mass is 273 g/mol. The Hall–Kier alpha value is -1.39. The number of thiazole rings is 1. The average molecular weight is 273 g/mol. The van der Waals surface area contributed by atoms with Crippen molar-refractivity contribution in [2.75, 3.05) is 12.8 Å². The molecule has 0 bridgehead atoms. The molecule has 1 heterocycles. The second-order valence-corrected chi connectivity index (χ2v) is 6.23. The number of anilines is 1. The van der Waals surface area contributed by atoms with E-state index < -0.39 is 0 Å². The summed E-state index contributed by atoms with van der Waals surface area (Å²) in [5, 5.41) is 0. The van der Waals surface area contributed by atoms with Crippen molar-refractivity contribution in [3.05, 3.63) is 45.4 Å². The minimum atomic E-state index is 0.511.